The summed E-state index contributed by atoms with van der Waals surface area (Å²) >= 11 is 0. The second-order valence-electron chi connectivity index (χ2n) is 4.63. The topological polar surface area (TPSA) is 62.9 Å². The molecule has 2 rings (SSSR count). The van der Waals surface area contributed by atoms with E-state index in [1.807, 2.05) is 36.2 Å². The maximum atomic E-state index is 10.8. The van der Waals surface area contributed by atoms with Crippen LogP contribution in [0, 0.1) is 0 Å². The number of methoxy groups -OCH3 is 1. The van der Waals surface area contributed by atoms with Crippen LogP contribution in [-0.2, 0) is 13.1 Å². The summed E-state index contributed by atoms with van der Waals surface area (Å²) in [5, 5.41) is 8.83. The van der Waals surface area contributed by atoms with E-state index in [0.717, 1.165) is 17.9 Å². The molecule has 0 aliphatic carbocycles. The van der Waals surface area contributed by atoms with Crippen LogP contribution in [0.2, 0.25) is 0 Å². The number of nitrogens with zero attached hydrogens (tertiary/aromatic N) is 1. The second kappa shape index (κ2) is 6.25. The molecule has 0 bridgehead atoms. The van der Waals surface area contributed by atoms with Gasteiger partial charge in [-0.3, -0.25) is 4.90 Å². The van der Waals surface area contributed by atoms with Crippen molar-refractivity contribution in [2.75, 3.05) is 14.2 Å². The van der Waals surface area contributed by atoms with Gasteiger partial charge in [-0.1, -0.05) is 12.1 Å². The van der Waals surface area contributed by atoms with E-state index < -0.39 is 5.97 Å². The lowest BCUT2D eigenvalue weighted by Gasteiger charge is -2.15. The van der Waals surface area contributed by atoms with E-state index in [0.29, 0.717) is 12.3 Å². The molecule has 1 heterocycles. The molecule has 0 aliphatic heterocycles. The lowest BCUT2D eigenvalue weighted by Crippen LogP contribution is -2.16. The SMILES string of the molecule is COc1ccc(CN(C)Cc2cc(C(=O)O)co2)cc1. The predicted molar refractivity (Wildman–Crippen MR) is 73.8 cm³/mol. The molecule has 20 heavy (non-hydrogen) atoms. The Hall–Kier alpha value is -2.27. The third kappa shape index (κ3) is 3.61. The number of rotatable bonds is 6. The molecule has 0 saturated carbocycles. The van der Waals surface area contributed by atoms with Gasteiger partial charge in [-0.25, -0.2) is 4.79 Å². The van der Waals surface area contributed by atoms with Crippen molar-refractivity contribution in [1.29, 1.82) is 0 Å². The van der Waals surface area contributed by atoms with E-state index in [9.17, 15) is 4.79 Å². The van der Waals surface area contributed by atoms with Gasteiger partial charge in [0.1, 0.15) is 17.8 Å². The zero-order valence-electron chi connectivity index (χ0n) is 11.5. The van der Waals surface area contributed by atoms with Crippen LogP contribution in [0.4, 0.5) is 0 Å². The van der Waals surface area contributed by atoms with Gasteiger partial charge in [-0.2, -0.15) is 0 Å². The third-order valence-electron chi connectivity index (χ3n) is 2.94. The van der Waals surface area contributed by atoms with E-state index in [1.54, 1.807) is 13.2 Å². The molecule has 0 saturated heterocycles. The van der Waals surface area contributed by atoms with Crippen LogP contribution in [0.1, 0.15) is 21.7 Å². The molecule has 0 atom stereocenters. The van der Waals surface area contributed by atoms with E-state index in [-0.39, 0.29) is 5.56 Å². The molecule has 1 N–H and O–H groups in total. The van der Waals surface area contributed by atoms with Gasteiger partial charge in [0.05, 0.1) is 19.2 Å². The Kier molecular flexibility index (Phi) is 4.42. The quantitative estimate of drug-likeness (QED) is 0.878. The number of benzene rings is 1. The van der Waals surface area contributed by atoms with Gasteiger partial charge in [0.25, 0.3) is 0 Å². The van der Waals surface area contributed by atoms with Gasteiger partial charge in [0.15, 0.2) is 0 Å². The fourth-order valence-corrected chi connectivity index (χ4v) is 1.94. The highest BCUT2D eigenvalue weighted by atomic mass is 16.5. The van der Waals surface area contributed by atoms with Crippen LogP contribution in [0.3, 0.4) is 0 Å². The monoisotopic (exact) mass is 275 g/mol. The fraction of sp³-hybridized carbons (Fsp3) is 0.267. The lowest BCUT2D eigenvalue weighted by molar-refractivity contribution is 0.0696. The van der Waals surface area contributed by atoms with Crippen LogP contribution in [0.15, 0.2) is 41.0 Å². The molecule has 1 aromatic carbocycles. The first kappa shape index (κ1) is 14.1. The molecular formula is C15H17NO4. The number of carboxylic acids is 1. The van der Waals surface area contributed by atoms with Gasteiger partial charge >= 0.3 is 5.97 Å². The summed E-state index contributed by atoms with van der Waals surface area (Å²) in [4.78, 5) is 12.8. The maximum absolute atomic E-state index is 10.8. The summed E-state index contributed by atoms with van der Waals surface area (Å²) in [5.41, 5.74) is 1.33. The first-order valence-corrected chi connectivity index (χ1v) is 6.20. The van der Waals surface area contributed by atoms with Gasteiger partial charge in [-0.05, 0) is 30.8 Å². The van der Waals surface area contributed by atoms with Crippen molar-refractivity contribution in [2.24, 2.45) is 0 Å². The van der Waals surface area contributed by atoms with E-state index in [1.165, 1.54) is 6.26 Å². The zero-order chi connectivity index (χ0) is 14.5. The molecule has 0 aliphatic rings. The minimum atomic E-state index is -0.974. The third-order valence-corrected chi connectivity index (χ3v) is 2.94. The fourth-order valence-electron chi connectivity index (χ4n) is 1.94. The number of carbonyl (C=O) groups is 1. The Labute approximate surface area is 117 Å². The van der Waals surface area contributed by atoms with Crippen molar-refractivity contribution >= 4 is 5.97 Å². The summed E-state index contributed by atoms with van der Waals surface area (Å²) < 4.78 is 10.3. The molecule has 0 radical (unpaired) electrons. The summed E-state index contributed by atoms with van der Waals surface area (Å²) in [6.45, 7) is 1.30. The number of carboxylic acid groups (broad SMARTS) is 1. The number of aromatic carboxylic acids is 1. The van der Waals surface area contributed by atoms with Crippen molar-refractivity contribution in [3.63, 3.8) is 0 Å². The summed E-state index contributed by atoms with van der Waals surface area (Å²) in [7, 11) is 3.59. The number of furan rings is 1. The van der Waals surface area contributed by atoms with Crippen LogP contribution >= 0.6 is 0 Å². The highest BCUT2D eigenvalue weighted by Crippen LogP contribution is 2.15. The second-order valence-corrected chi connectivity index (χ2v) is 4.63. The first-order chi connectivity index (χ1) is 9.58. The molecule has 0 spiro atoms. The summed E-state index contributed by atoms with van der Waals surface area (Å²) in [5.74, 6) is 0.491. The standard InChI is InChI=1S/C15H17NO4/c1-16(8-11-3-5-13(19-2)6-4-11)9-14-7-12(10-20-14)15(17)18/h3-7,10H,8-9H2,1-2H3,(H,17,18). The maximum Gasteiger partial charge on any atom is 0.338 e. The van der Waals surface area contributed by atoms with Gasteiger partial charge in [-0.15, -0.1) is 0 Å². The van der Waals surface area contributed by atoms with Crippen LogP contribution in [0.25, 0.3) is 0 Å². The Bertz CT molecular complexity index is 574. The minimum Gasteiger partial charge on any atom is -0.497 e. The lowest BCUT2D eigenvalue weighted by atomic mass is 10.2. The smallest absolute Gasteiger partial charge is 0.338 e. The van der Waals surface area contributed by atoms with Crippen molar-refractivity contribution in [3.05, 3.63) is 53.5 Å². The molecule has 2 aromatic rings. The molecule has 5 heteroatoms. The van der Waals surface area contributed by atoms with Gasteiger partial charge in [0, 0.05) is 6.54 Å². The highest BCUT2D eigenvalue weighted by Gasteiger charge is 2.10. The molecule has 1 aromatic heterocycles. The summed E-state index contributed by atoms with van der Waals surface area (Å²) in [6, 6.07) is 9.38. The highest BCUT2D eigenvalue weighted by molar-refractivity contribution is 5.87. The van der Waals surface area contributed by atoms with Crippen molar-refractivity contribution < 1.29 is 19.1 Å². The number of hydrogen-bond acceptors (Lipinski definition) is 4. The average Bonchev–Trinajstić information content (AvgIpc) is 2.88. The van der Waals surface area contributed by atoms with Crippen molar-refractivity contribution in [2.45, 2.75) is 13.1 Å². The van der Waals surface area contributed by atoms with E-state index >= 15 is 0 Å². The van der Waals surface area contributed by atoms with Gasteiger partial charge < -0.3 is 14.3 Å². The normalized spacial score (nSPS) is 10.8. The van der Waals surface area contributed by atoms with E-state index in [2.05, 4.69) is 0 Å². The van der Waals surface area contributed by atoms with Crippen LogP contribution < -0.4 is 4.74 Å². The predicted octanol–water partition coefficient (Wildman–Crippen LogP) is 2.62. The van der Waals surface area contributed by atoms with E-state index in [4.69, 9.17) is 14.3 Å². The van der Waals surface area contributed by atoms with Crippen LogP contribution in [0.5, 0.6) is 5.75 Å². The Morgan fingerprint density at radius 2 is 2.00 bits per heavy atom. The molecular weight excluding hydrogens is 258 g/mol. The summed E-state index contributed by atoms with van der Waals surface area (Å²) in [6.07, 6.45) is 1.26. The molecule has 0 unspecified atom stereocenters. The zero-order valence-corrected chi connectivity index (χ0v) is 11.5. The molecule has 0 amide bonds. The Morgan fingerprint density at radius 3 is 2.55 bits per heavy atom. The number of hydrogen-bond donors (Lipinski definition) is 1. The average molecular weight is 275 g/mol. The minimum absolute atomic E-state index is 0.179. The van der Waals surface area contributed by atoms with Gasteiger partial charge in [0.2, 0.25) is 0 Å². The molecule has 5 nitrogen and oxygen atoms in total. The Morgan fingerprint density at radius 1 is 1.30 bits per heavy atom. The largest absolute Gasteiger partial charge is 0.497 e. The number of ether oxygens (including phenoxy) is 1. The van der Waals surface area contributed by atoms with Crippen molar-refractivity contribution in [3.8, 4) is 5.75 Å². The Balaban J connectivity index is 1.93. The van der Waals surface area contributed by atoms with Crippen LogP contribution in [-0.4, -0.2) is 30.1 Å². The van der Waals surface area contributed by atoms with Crippen molar-refractivity contribution in [1.82, 2.24) is 4.90 Å². The molecule has 106 valence electrons. The first-order valence-electron chi connectivity index (χ1n) is 6.20. The molecule has 0 fully saturated rings.